The summed E-state index contributed by atoms with van der Waals surface area (Å²) in [6.07, 6.45) is 4.59. The van der Waals surface area contributed by atoms with Crippen LogP contribution in [0.5, 0.6) is 0 Å². The second kappa shape index (κ2) is 5.79. The second-order valence-corrected chi connectivity index (χ2v) is 5.94. The van der Waals surface area contributed by atoms with Crippen LogP contribution in [0.25, 0.3) is 11.3 Å². The van der Waals surface area contributed by atoms with E-state index in [2.05, 4.69) is 25.9 Å². The van der Waals surface area contributed by atoms with Crippen LogP contribution in [0.15, 0.2) is 34.9 Å². The van der Waals surface area contributed by atoms with Crippen molar-refractivity contribution in [2.75, 3.05) is 6.54 Å². The lowest BCUT2D eigenvalue weighted by Crippen LogP contribution is -2.34. The minimum Gasteiger partial charge on any atom is -0.341 e. The Labute approximate surface area is 126 Å². The summed E-state index contributed by atoms with van der Waals surface area (Å²) in [5.74, 6) is 1.08. The Hall–Kier alpha value is -1.62. The van der Waals surface area contributed by atoms with Crippen molar-refractivity contribution in [1.29, 1.82) is 0 Å². The largest absolute Gasteiger partial charge is 0.341 e. The molecule has 104 valence electrons. The van der Waals surface area contributed by atoms with Crippen molar-refractivity contribution in [3.63, 3.8) is 0 Å². The van der Waals surface area contributed by atoms with Crippen molar-refractivity contribution in [3.8, 4) is 11.3 Å². The normalized spacial score (nSPS) is 15.7. The van der Waals surface area contributed by atoms with E-state index in [-0.39, 0.29) is 5.91 Å². The number of halogens is 1. The van der Waals surface area contributed by atoms with Gasteiger partial charge in [-0.1, -0.05) is 28.1 Å². The molecule has 1 saturated heterocycles. The minimum absolute atomic E-state index is 0.234. The molecule has 3 rings (SSSR count). The first kappa shape index (κ1) is 13.4. The summed E-state index contributed by atoms with van der Waals surface area (Å²) in [7, 11) is 0. The molecule has 1 amide bonds. The van der Waals surface area contributed by atoms with Gasteiger partial charge in [0.1, 0.15) is 5.82 Å². The molecule has 1 aliphatic rings. The lowest BCUT2D eigenvalue weighted by Gasteiger charge is -2.25. The fraction of sp³-hybridized carbons (Fsp3) is 0.333. The zero-order valence-corrected chi connectivity index (χ0v) is 12.7. The molecule has 1 N–H and O–H groups in total. The first-order valence-corrected chi connectivity index (χ1v) is 7.59. The molecular formula is C15H16BrN3O. The first-order valence-electron chi connectivity index (χ1n) is 6.80. The lowest BCUT2D eigenvalue weighted by atomic mass is 10.1. The smallest absolute Gasteiger partial charge is 0.222 e. The topological polar surface area (TPSA) is 49.0 Å². The number of imidazole rings is 1. The maximum Gasteiger partial charge on any atom is 0.222 e. The predicted octanol–water partition coefficient (Wildman–Crippen LogP) is 3.35. The Morgan fingerprint density at radius 2 is 2.05 bits per heavy atom. The first-order chi connectivity index (χ1) is 9.72. The van der Waals surface area contributed by atoms with E-state index in [4.69, 9.17) is 0 Å². The van der Waals surface area contributed by atoms with E-state index in [0.717, 1.165) is 40.9 Å². The highest BCUT2D eigenvalue weighted by Gasteiger charge is 2.19. The van der Waals surface area contributed by atoms with E-state index < -0.39 is 0 Å². The number of likely N-dealkylation sites (tertiary alicyclic amines) is 1. The van der Waals surface area contributed by atoms with E-state index in [0.29, 0.717) is 13.0 Å². The monoisotopic (exact) mass is 333 g/mol. The molecule has 0 bridgehead atoms. The van der Waals surface area contributed by atoms with Gasteiger partial charge in [-0.05, 0) is 30.5 Å². The quantitative estimate of drug-likeness (QED) is 0.936. The van der Waals surface area contributed by atoms with E-state index in [1.165, 1.54) is 0 Å². The predicted molar refractivity (Wildman–Crippen MR) is 81.0 cm³/mol. The third-order valence-electron chi connectivity index (χ3n) is 3.55. The van der Waals surface area contributed by atoms with Crippen LogP contribution in [0.1, 0.15) is 25.1 Å². The number of hydrogen-bond acceptors (Lipinski definition) is 2. The number of nitrogens with one attached hydrogen (secondary N) is 1. The molecule has 4 nitrogen and oxygen atoms in total. The average Bonchev–Trinajstić information content (AvgIpc) is 2.91. The van der Waals surface area contributed by atoms with Gasteiger partial charge in [0.15, 0.2) is 0 Å². The summed E-state index contributed by atoms with van der Waals surface area (Å²) in [6, 6.07) is 8.08. The third-order valence-corrected chi connectivity index (χ3v) is 4.07. The van der Waals surface area contributed by atoms with Crippen LogP contribution in [-0.4, -0.2) is 27.3 Å². The maximum absolute atomic E-state index is 11.8. The van der Waals surface area contributed by atoms with Gasteiger partial charge in [-0.2, -0.15) is 0 Å². The molecule has 5 heteroatoms. The molecule has 1 aliphatic heterocycles. The zero-order valence-electron chi connectivity index (χ0n) is 11.1. The van der Waals surface area contributed by atoms with Gasteiger partial charge in [-0.25, -0.2) is 4.98 Å². The summed E-state index contributed by atoms with van der Waals surface area (Å²) < 4.78 is 1.06. The van der Waals surface area contributed by atoms with Gasteiger partial charge < -0.3 is 9.88 Å². The van der Waals surface area contributed by atoms with Crippen molar-refractivity contribution in [2.45, 2.75) is 25.8 Å². The molecule has 0 atom stereocenters. The van der Waals surface area contributed by atoms with E-state index >= 15 is 0 Å². The van der Waals surface area contributed by atoms with E-state index in [9.17, 15) is 4.79 Å². The number of carbonyl (C=O) groups excluding carboxylic acids is 1. The van der Waals surface area contributed by atoms with Crippen molar-refractivity contribution in [3.05, 3.63) is 40.8 Å². The maximum atomic E-state index is 11.8. The number of nitrogens with zero attached hydrogens (tertiary/aromatic N) is 2. The standard InChI is InChI=1S/C15H16BrN3O/c16-12-6-4-11(5-7-12)13-9-17-14(18-13)10-19-8-2-1-3-15(19)20/h4-7,9H,1-3,8,10H2,(H,17,18). The summed E-state index contributed by atoms with van der Waals surface area (Å²) >= 11 is 3.43. The van der Waals surface area contributed by atoms with Gasteiger partial charge in [0.05, 0.1) is 18.4 Å². The Kier molecular flexibility index (Phi) is 3.87. The molecule has 0 aliphatic carbocycles. The van der Waals surface area contributed by atoms with Crippen LogP contribution < -0.4 is 0 Å². The van der Waals surface area contributed by atoms with Crippen LogP contribution in [0.3, 0.4) is 0 Å². The Morgan fingerprint density at radius 3 is 2.80 bits per heavy atom. The number of benzene rings is 1. The van der Waals surface area contributed by atoms with Crippen LogP contribution >= 0.6 is 15.9 Å². The van der Waals surface area contributed by atoms with Gasteiger partial charge in [0, 0.05) is 17.4 Å². The molecule has 2 aromatic rings. The van der Waals surface area contributed by atoms with Crippen molar-refractivity contribution in [2.24, 2.45) is 0 Å². The molecule has 20 heavy (non-hydrogen) atoms. The van der Waals surface area contributed by atoms with Gasteiger partial charge in [-0.3, -0.25) is 4.79 Å². The molecule has 1 aromatic heterocycles. The Morgan fingerprint density at radius 1 is 1.25 bits per heavy atom. The Bertz CT molecular complexity index is 606. The van der Waals surface area contributed by atoms with Crippen molar-refractivity contribution < 1.29 is 4.79 Å². The number of hydrogen-bond donors (Lipinski definition) is 1. The molecule has 1 fully saturated rings. The summed E-state index contributed by atoms with van der Waals surface area (Å²) in [5, 5.41) is 0. The molecule has 1 aromatic carbocycles. The molecule has 0 unspecified atom stereocenters. The van der Waals surface area contributed by atoms with Crippen LogP contribution in [0, 0.1) is 0 Å². The summed E-state index contributed by atoms with van der Waals surface area (Å²) in [5.41, 5.74) is 2.08. The zero-order chi connectivity index (χ0) is 13.9. The number of carbonyl (C=O) groups is 1. The number of aromatic amines is 1. The van der Waals surface area contributed by atoms with Crippen LogP contribution in [0.4, 0.5) is 0 Å². The fourth-order valence-corrected chi connectivity index (χ4v) is 2.69. The van der Waals surface area contributed by atoms with Crippen LogP contribution in [-0.2, 0) is 11.3 Å². The summed E-state index contributed by atoms with van der Waals surface area (Å²) in [6.45, 7) is 1.42. The van der Waals surface area contributed by atoms with Gasteiger partial charge in [0.2, 0.25) is 5.91 Å². The van der Waals surface area contributed by atoms with E-state index in [1.54, 1.807) is 0 Å². The third kappa shape index (κ3) is 2.93. The second-order valence-electron chi connectivity index (χ2n) is 5.02. The van der Waals surface area contributed by atoms with Crippen LogP contribution in [0.2, 0.25) is 0 Å². The highest BCUT2D eigenvalue weighted by molar-refractivity contribution is 9.10. The molecular weight excluding hydrogens is 318 g/mol. The molecule has 0 spiro atoms. The highest BCUT2D eigenvalue weighted by atomic mass is 79.9. The SMILES string of the molecule is O=C1CCCCN1Cc1ncc(-c2ccc(Br)cc2)[nH]1. The minimum atomic E-state index is 0.234. The molecule has 0 saturated carbocycles. The number of aromatic nitrogens is 2. The lowest BCUT2D eigenvalue weighted by molar-refractivity contribution is -0.134. The number of rotatable bonds is 3. The molecule has 2 heterocycles. The van der Waals surface area contributed by atoms with Gasteiger partial charge in [0.25, 0.3) is 0 Å². The number of H-pyrrole nitrogens is 1. The Balaban J connectivity index is 1.73. The van der Waals surface area contributed by atoms with Crippen molar-refractivity contribution >= 4 is 21.8 Å². The van der Waals surface area contributed by atoms with Gasteiger partial charge >= 0.3 is 0 Å². The van der Waals surface area contributed by atoms with E-state index in [1.807, 2.05) is 35.4 Å². The van der Waals surface area contributed by atoms with Crippen molar-refractivity contribution in [1.82, 2.24) is 14.9 Å². The number of amides is 1. The van der Waals surface area contributed by atoms with Gasteiger partial charge in [-0.15, -0.1) is 0 Å². The summed E-state index contributed by atoms with van der Waals surface area (Å²) in [4.78, 5) is 21.4. The highest BCUT2D eigenvalue weighted by Crippen LogP contribution is 2.21. The fourth-order valence-electron chi connectivity index (χ4n) is 2.43. The molecule has 0 radical (unpaired) electrons. The number of piperidine rings is 1. The average molecular weight is 334 g/mol.